The summed E-state index contributed by atoms with van der Waals surface area (Å²) in [5.41, 5.74) is -4.42. The Kier molecular flexibility index (Phi) is 9.05. The third-order valence-corrected chi connectivity index (χ3v) is 10.7. The van der Waals surface area contributed by atoms with Gasteiger partial charge in [-0.05, 0) is 51.0 Å². The second-order valence-corrected chi connectivity index (χ2v) is 12.6. The number of amides is 1. The molecule has 38 heavy (non-hydrogen) atoms. The van der Waals surface area contributed by atoms with Gasteiger partial charge in [0.2, 0.25) is 0 Å². The number of aliphatic hydroxyl groups is 5. The number of Topliss-reactive ketones (excluding diaryl/α,β-unsaturated/α-hetero) is 1. The Morgan fingerprint density at radius 1 is 1.24 bits per heavy atom. The van der Waals surface area contributed by atoms with Crippen molar-refractivity contribution in [3.63, 3.8) is 0 Å². The van der Waals surface area contributed by atoms with Crippen molar-refractivity contribution in [3.05, 3.63) is 11.1 Å². The first kappa shape index (κ1) is 32.4. The Balaban J connectivity index is 0.00000400. The van der Waals surface area contributed by atoms with Gasteiger partial charge in [0.05, 0.1) is 49.1 Å². The summed E-state index contributed by atoms with van der Waals surface area (Å²) in [6.07, 6.45) is -4.68. The number of hydrogen-bond donors (Lipinski definition) is 6. The van der Waals surface area contributed by atoms with Crippen molar-refractivity contribution >= 4 is 11.9 Å². The van der Waals surface area contributed by atoms with Gasteiger partial charge in [0.25, 0.3) is 0 Å². The molecular formula is C27H43AcNO9. The van der Waals surface area contributed by atoms with E-state index < -0.39 is 82.1 Å². The number of ketones is 1. The molecule has 3 aliphatic carbocycles. The molecule has 10 nitrogen and oxygen atoms in total. The van der Waals surface area contributed by atoms with Gasteiger partial charge in [-0.15, -0.1) is 0 Å². The SMILES string of the molecule is COC(=O)NC(C)C(O)C[C@H]1CC2(O)C(C)C3C4(O)COC4CC(O)[C@@]3(C)C(=O)C(O)C(=C1C)C2(C)C.[Ac]. The van der Waals surface area contributed by atoms with Crippen LogP contribution in [0.3, 0.4) is 0 Å². The fraction of sp³-hybridized carbons (Fsp3) is 0.852. The van der Waals surface area contributed by atoms with Gasteiger partial charge in [0, 0.05) is 61.8 Å². The molecule has 9 unspecified atom stereocenters. The maximum atomic E-state index is 14.1. The number of aliphatic hydroxyl groups excluding tert-OH is 3. The average molecular weight is 753 g/mol. The Bertz CT molecular complexity index is 1000. The Morgan fingerprint density at radius 3 is 2.37 bits per heavy atom. The molecule has 3 fully saturated rings. The standard InChI is InChI=1S/C27H43NO9.Ac/c1-12-15(8-16(29)14(3)28-23(33)36-7)10-27(35)13(2)21-25(6,17(30)9-18-26(21,34)11-37-18)22(32)20(31)19(12)24(27,4)5;/h13-18,20-21,29-31,34-35H,8-11H2,1-7H3,(H,28,33);/t13?,14?,15-,16?,17?,18?,20?,21?,25+,26?,27?;/m0./s1. The molecule has 6 N–H and O–H groups in total. The fourth-order valence-electron chi connectivity index (χ4n) is 8.22. The third-order valence-electron chi connectivity index (χ3n) is 10.7. The Morgan fingerprint density at radius 2 is 1.84 bits per heavy atom. The van der Waals surface area contributed by atoms with Crippen LogP contribution in [0.15, 0.2) is 11.1 Å². The summed E-state index contributed by atoms with van der Waals surface area (Å²) < 4.78 is 10.2. The largest absolute Gasteiger partial charge is 0.453 e. The van der Waals surface area contributed by atoms with Crippen LogP contribution in [0.5, 0.6) is 0 Å². The number of hydrogen-bond acceptors (Lipinski definition) is 9. The van der Waals surface area contributed by atoms with Gasteiger partial charge in [-0.2, -0.15) is 0 Å². The molecule has 0 aromatic carbocycles. The van der Waals surface area contributed by atoms with Crippen LogP contribution in [0.2, 0.25) is 0 Å². The molecule has 2 saturated carbocycles. The maximum Gasteiger partial charge on any atom is 0.407 e. The van der Waals surface area contributed by atoms with Gasteiger partial charge in [0.1, 0.15) is 11.7 Å². The zero-order valence-electron chi connectivity index (χ0n) is 23.4. The van der Waals surface area contributed by atoms with Gasteiger partial charge in [-0.1, -0.05) is 26.3 Å². The van der Waals surface area contributed by atoms with Crippen LogP contribution >= 0.6 is 0 Å². The van der Waals surface area contributed by atoms with Crippen LogP contribution in [0.4, 0.5) is 4.79 Å². The van der Waals surface area contributed by atoms with Gasteiger partial charge in [0.15, 0.2) is 5.78 Å². The summed E-state index contributed by atoms with van der Waals surface area (Å²) in [6.45, 7) is 10.4. The van der Waals surface area contributed by atoms with Crippen LogP contribution in [-0.2, 0) is 14.3 Å². The number of allylic oxidation sites excluding steroid dienone is 1. The quantitative estimate of drug-likeness (QED) is 0.227. The Labute approximate surface area is 260 Å². The number of methoxy groups -OCH3 is 1. The molecule has 1 aliphatic heterocycles. The van der Waals surface area contributed by atoms with E-state index in [0.29, 0.717) is 11.1 Å². The normalized spacial score (nSPS) is 45.2. The number of fused-ring (bicyclic) bond motifs is 5. The van der Waals surface area contributed by atoms with Gasteiger partial charge >= 0.3 is 6.09 Å². The summed E-state index contributed by atoms with van der Waals surface area (Å²) in [5, 5.41) is 60.6. The summed E-state index contributed by atoms with van der Waals surface area (Å²) in [5.74, 6) is -2.55. The molecule has 11 heteroatoms. The minimum atomic E-state index is -1.61. The molecule has 1 radical (unpaired) electrons. The first-order valence-electron chi connectivity index (χ1n) is 13.2. The van der Waals surface area contributed by atoms with Gasteiger partial charge in [-0.25, -0.2) is 4.79 Å². The molecule has 11 atom stereocenters. The summed E-state index contributed by atoms with van der Waals surface area (Å²) in [4.78, 5) is 25.7. The van der Waals surface area contributed by atoms with Crippen LogP contribution < -0.4 is 5.32 Å². The van der Waals surface area contributed by atoms with E-state index in [0.717, 1.165) is 0 Å². The zero-order chi connectivity index (χ0) is 27.9. The molecule has 213 valence electrons. The molecule has 2 bridgehead atoms. The first-order chi connectivity index (χ1) is 17.0. The number of carbonyl (C=O) groups is 2. The summed E-state index contributed by atoms with van der Waals surface area (Å²) in [7, 11) is 1.23. The third kappa shape index (κ3) is 4.38. The number of nitrogens with one attached hydrogen (secondary N) is 1. The summed E-state index contributed by atoms with van der Waals surface area (Å²) >= 11 is 0. The van der Waals surface area contributed by atoms with E-state index in [4.69, 9.17) is 4.74 Å². The van der Waals surface area contributed by atoms with E-state index in [1.54, 1.807) is 41.5 Å². The maximum absolute atomic E-state index is 14.1. The average Bonchev–Trinajstić information content (AvgIpc) is 2.82. The van der Waals surface area contributed by atoms with Crippen LogP contribution in [0, 0.1) is 72.6 Å². The molecule has 0 aromatic rings. The van der Waals surface area contributed by atoms with Gasteiger partial charge < -0.3 is 40.3 Å². The molecule has 4 aliphatic rings. The van der Waals surface area contributed by atoms with Gasteiger partial charge in [-0.3, -0.25) is 4.79 Å². The van der Waals surface area contributed by atoms with E-state index in [9.17, 15) is 35.1 Å². The monoisotopic (exact) mass is 752 g/mol. The predicted octanol–water partition coefficient (Wildman–Crippen LogP) is 0.672. The molecular weight excluding hydrogens is 709 g/mol. The predicted molar refractivity (Wildman–Crippen MR) is 132 cm³/mol. The van der Waals surface area contributed by atoms with Crippen molar-refractivity contribution in [3.8, 4) is 0 Å². The van der Waals surface area contributed by atoms with Crippen molar-refractivity contribution < 1.29 is 88.7 Å². The minimum Gasteiger partial charge on any atom is -0.453 e. The number of carbonyl (C=O) groups excluding carboxylic acids is 2. The fourth-order valence-corrected chi connectivity index (χ4v) is 8.22. The van der Waals surface area contributed by atoms with E-state index in [-0.39, 0.29) is 69.9 Å². The van der Waals surface area contributed by atoms with Crippen LogP contribution in [-0.4, -0.2) is 92.8 Å². The van der Waals surface area contributed by atoms with Crippen molar-refractivity contribution in [2.75, 3.05) is 13.7 Å². The van der Waals surface area contributed by atoms with Crippen molar-refractivity contribution in [2.24, 2.45) is 28.6 Å². The van der Waals surface area contributed by atoms with E-state index >= 15 is 0 Å². The molecule has 0 aromatic heterocycles. The molecule has 1 heterocycles. The molecule has 1 saturated heterocycles. The van der Waals surface area contributed by atoms with Crippen LogP contribution in [0.25, 0.3) is 0 Å². The number of alkyl carbamates (subject to hydrolysis) is 1. The zero-order valence-corrected chi connectivity index (χ0v) is 28.1. The minimum absolute atomic E-state index is 0. The first-order valence-corrected chi connectivity index (χ1v) is 13.2. The second-order valence-electron chi connectivity index (χ2n) is 12.6. The Hall–Kier alpha value is -0.118. The topological polar surface area (TPSA) is 166 Å². The second kappa shape index (κ2) is 10.6. The smallest absolute Gasteiger partial charge is 0.407 e. The van der Waals surface area contributed by atoms with Crippen molar-refractivity contribution in [2.45, 2.75) is 102 Å². The summed E-state index contributed by atoms with van der Waals surface area (Å²) in [6, 6.07) is -0.644. The molecule has 0 spiro atoms. The van der Waals surface area contributed by atoms with E-state index in [1.807, 2.05) is 0 Å². The molecule has 4 rings (SSSR count). The van der Waals surface area contributed by atoms with E-state index in [1.165, 1.54) is 7.11 Å². The van der Waals surface area contributed by atoms with Crippen molar-refractivity contribution in [1.29, 1.82) is 0 Å². The van der Waals surface area contributed by atoms with Crippen LogP contribution in [0.1, 0.15) is 60.8 Å². The van der Waals surface area contributed by atoms with E-state index in [2.05, 4.69) is 10.1 Å². The molecule has 1 amide bonds. The number of rotatable bonds is 4. The van der Waals surface area contributed by atoms with Crippen molar-refractivity contribution in [1.82, 2.24) is 5.32 Å². The number of ether oxygens (including phenoxy) is 2.